The Morgan fingerprint density at radius 2 is 1.69 bits per heavy atom. The Labute approximate surface area is 345 Å². The highest BCUT2D eigenvalue weighted by molar-refractivity contribution is 8.00. The van der Waals surface area contributed by atoms with Gasteiger partial charge in [-0.15, -0.1) is 0 Å². The van der Waals surface area contributed by atoms with Crippen molar-refractivity contribution in [2.75, 3.05) is 70.4 Å². The maximum Gasteiger partial charge on any atom is 0.315 e. The van der Waals surface area contributed by atoms with Gasteiger partial charge in [0, 0.05) is 79.3 Å². The third-order valence-electron chi connectivity index (χ3n) is 10.4. The summed E-state index contributed by atoms with van der Waals surface area (Å²) in [5, 5.41) is 29.9. The predicted molar refractivity (Wildman–Crippen MR) is 224 cm³/mol. The quantitative estimate of drug-likeness (QED) is 0.0367. The van der Waals surface area contributed by atoms with Crippen LogP contribution in [0.25, 0.3) is 11.3 Å². The number of aliphatic hydroxyl groups is 1. The highest BCUT2D eigenvalue weighted by atomic mass is 32.2. The van der Waals surface area contributed by atoms with E-state index in [-0.39, 0.29) is 36.5 Å². The summed E-state index contributed by atoms with van der Waals surface area (Å²) in [5.41, 5.74) is 5.31. The molecule has 4 amide bonds. The minimum atomic E-state index is -0.0683. The lowest BCUT2D eigenvalue weighted by atomic mass is 10.0. The van der Waals surface area contributed by atoms with Crippen LogP contribution in [0, 0.1) is 0 Å². The number of nitrogens with zero attached hydrogens (tertiary/aromatic N) is 2. The van der Waals surface area contributed by atoms with Crippen molar-refractivity contribution in [1.82, 2.24) is 31.0 Å². The van der Waals surface area contributed by atoms with Gasteiger partial charge in [0.1, 0.15) is 11.5 Å². The Morgan fingerprint density at radius 1 is 0.897 bits per heavy atom. The van der Waals surface area contributed by atoms with Crippen molar-refractivity contribution in [2.45, 2.75) is 88.6 Å². The zero-order valence-electron chi connectivity index (χ0n) is 33.5. The van der Waals surface area contributed by atoms with Crippen molar-refractivity contribution < 1.29 is 38.4 Å². The molecule has 2 aromatic carbocycles. The third kappa shape index (κ3) is 12.5. The lowest BCUT2D eigenvalue weighted by Gasteiger charge is -2.16. The molecule has 6 N–H and O–H groups in total. The molecular formula is C42H59N7O8S. The standard InChI is InChI=1S/C42H59N7O8S/c1-2-56-31-10-7-9-30(26-31)45-41-34-25-29-14-15-32(57-20-8-19-50)27-33(29)40(34)49(48-41)18-22-55-24-23-54-21-17-44-38(52)13-5-6-16-43-37(51)12-4-3-11-36-39-35(28-58-36)46-42(53)47-39/h7,9-10,14-15,26-27,35-36,39,50H,2-6,8,11-13,16-25,28H2,1H3,(H,43,51)(H,44,52)(H,45,48)(H2,46,47,53). The summed E-state index contributed by atoms with van der Waals surface area (Å²) in [7, 11) is 0. The van der Waals surface area contributed by atoms with Crippen LogP contribution in [0.5, 0.6) is 11.5 Å². The smallest absolute Gasteiger partial charge is 0.315 e. The average Bonchev–Trinajstić information content (AvgIpc) is 3.97. The molecule has 316 valence electrons. The van der Waals surface area contributed by atoms with E-state index in [9.17, 15) is 19.5 Å². The molecule has 3 heterocycles. The molecule has 58 heavy (non-hydrogen) atoms. The molecule has 3 aromatic rings. The van der Waals surface area contributed by atoms with Crippen LogP contribution in [0.1, 0.15) is 69.4 Å². The summed E-state index contributed by atoms with van der Waals surface area (Å²) in [6.07, 6.45) is 6.45. The SMILES string of the molecule is CCOc1cccc(Nc2nn(CCOCCOCCNC(=O)CCCCNC(=O)CCCCC3SCC4NC(=O)NC43)c3c2Cc2ccc(OCCCO)cc2-3)c1. The van der Waals surface area contributed by atoms with E-state index in [0.29, 0.717) is 90.2 Å². The number of unbranched alkanes of at least 4 members (excludes halogenated alkanes) is 2. The summed E-state index contributed by atoms with van der Waals surface area (Å²) < 4.78 is 25.2. The van der Waals surface area contributed by atoms with E-state index in [1.54, 1.807) is 0 Å². The first-order chi connectivity index (χ1) is 28.4. The van der Waals surface area contributed by atoms with E-state index in [0.717, 1.165) is 77.7 Å². The summed E-state index contributed by atoms with van der Waals surface area (Å²) in [6, 6.07) is 14.3. The average molecular weight is 822 g/mol. The number of urea groups is 1. The van der Waals surface area contributed by atoms with E-state index in [1.165, 1.54) is 5.56 Å². The van der Waals surface area contributed by atoms with Gasteiger partial charge in [0.2, 0.25) is 11.8 Å². The number of hydrogen-bond donors (Lipinski definition) is 6. The number of rotatable bonds is 27. The van der Waals surface area contributed by atoms with E-state index in [2.05, 4.69) is 38.7 Å². The molecule has 0 bridgehead atoms. The second kappa shape index (κ2) is 22.6. The second-order valence-corrected chi connectivity index (χ2v) is 15.9. The maximum atomic E-state index is 12.3. The zero-order chi connectivity index (χ0) is 40.5. The van der Waals surface area contributed by atoms with Crippen LogP contribution < -0.4 is 36.1 Å². The van der Waals surface area contributed by atoms with Crippen molar-refractivity contribution in [3.8, 4) is 22.8 Å². The third-order valence-corrected chi connectivity index (χ3v) is 11.9. The first kappa shape index (κ1) is 43.1. The van der Waals surface area contributed by atoms with Gasteiger partial charge < -0.3 is 50.6 Å². The van der Waals surface area contributed by atoms with Gasteiger partial charge in [0.25, 0.3) is 0 Å². The molecule has 3 unspecified atom stereocenters. The van der Waals surface area contributed by atoms with Crippen molar-refractivity contribution in [3.05, 3.63) is 53.6 Å². The first-order valence-corrected chi connectivity index (χ1v) is 21.8. The van der Waals surface area contributed by atoms with Crippen LogP contribution in [-0.2, 0) is 32.0 Å². The van der Waals surface area contributed by atoms with Gasteiger partial charge in [-0.1, -0.05) is 18.6 Å². The molecule has 0 saturated carbocycles. The zero-order valence-corrected chi connectivity index (χ0v) is 34.3. The van der Waals surface area contributed by atoms with Crippen molar-refractivity contribution in [1.29, 1.82) is 0 Å². The number of thioether (sulfide) groups is 1. The predicted octanol–water partition coefficient (Wildman–Crippen LogP) is 4.52. The van der Waals surface area contributed by atoms with Gasteiger partial charge in [-0.2, -0.15) is 16.9 Å². The molecule has 2 aliphatic heterocycles. The lowest BCUT2D eigenvalue weighted by molar-refractivity contribution is -0.121. The molecule has 15 nitrogen and oxygen atoms in total. The highest BCUT2D eigenvalue weighted by Gasteiger charge is 2.42. The minimum absolute atomic E-state index is 0.0279. The molecule has 0 spiro atoms. The number of carbonyl (C=O) groups excluding carboxylic acids is 3. The summed E-state index contributed by atoms with van der Waals surface area (Å²) in [6.45, 7) is 6.26. The molecule has 3 atom stereocenters. The molecule has 2 saturated heterocycles. The number of hydrogen-bond acceptors (Lipinski definition) is 11. The topological polar surface area (TPSA) is 186 Å². The number of nitrogens with one attached hydrogen (secondary N) is 5. The molecule has 3 aliphatic rings. The summed E-state index contributed by atoms with van der Waals surface area (Å²) in [4.78, 5) is 36.0. The molecule has 1 aromatic heterocycles. The summed E-state index contributed by atoms with van der Waals surface area (Å²) >= 11 is 1.90. The minimum Gasteiger partial charge on any atom is -0.494 e. The number of fused-ring (bicyclic) bond motifs is 4. The fourth-order valence-electron chi connectivity index (χ4n) is 7.49. The van der Waals surface area contributed by atoms with Gasteiger partial charge in [-0.3, -0.25) is 14.3 Å². The number of ether oxygens (including phenoxy) is 4. The maximum absolute atomic E-state index is 12.3. The van der Waals surface area contributed by atoms with E-state index >= 15 is 0 Å². The first-order valence-electron chi connectivity index (χ1n) is 20.8. The second-order valence-electron chi connectivity index (χ2n) is 14.7. The van der Waals surface area contributed by atoms with E-state index in [4.69, 9.17) is 24.0 Å². The molecule has 16 heteroatoms. The lowest BCUT2D eigenvalue weighted by Crippen LogP contribution is -2.36. The number of amides is 4. The summed E-state index contributed by atoms with van der Waals surface area (Å²) in [5.74, 6) is 3.31. The fourth-order valence-corrected chi connectivity index (χ4v) is 9.03. The fraction of sp³-hybridized carbons (Fsp3) is 0.571. The van der Waals surface area contributed by atoms with Crippen LogP contribution >= 0.6 is 11.8 Å². The Balaban J connectivity index is 0.827. The van der Waals surface area contributed by atoms with Gasteiger partial charge in [-0.25, -0.2) is 4.79 Å². The van der Waals surface area contributed by atoms with Crippen molar-refractivity contribution >= 4 is 41.1 Å². The Hall–Kier alpha value is -4.51. The van der Waals surface area contributed by atoms with Crippen LogP contribution in [0.2, 0.25) is 0 Å². The van der Waals surface area contributed by atoms with Crippen molar-refractivity contribution in [3.63, 3.8) is 0 Å². The number of aromatic nitrogens is 2. The van der Waals surface area contributed by atoms with Crippen molar-refractivity contribution in [2.24, 2.45) is 0 Å². The number of anilines is 2. The molecule has 6 rings (SSSR count). The van der Waals surface area contributed by atoms with Gasteiger partial charge in [0.05, 0.1) is 64.0 Å². The molecular weight excluding hydrogens is 763 g/mol. The van der Waals surface area contributed by atoms with Crippen LogP contribution in [0.15, 0.2) is 42.5 Å². The van der Waals surface area contributed by atoms with Gasteiger partial charge in [-0.05, 0) is 62.4 Å². The van der Waals surface area contributed by atoms with E-state index < -0.39 is 0 Å². The van der Waals surface area contributed by atoms with Crippen LogP contribution in [0.4, 0.5) is 16.3 Å². The van der Waals surface area contributed by atoms with Gasteiger partial charge >= 0.3 is 6.03 Å². The molecule has 1 aliphatic carbocycles. The van der Waals surface area contributed by atoms with Crippen LogP contribution in [0.3, 0.4) is 0 Å². The molecule has 0 radical (unpaired) electrons. The van der Waals surface area contributed by atoms with Gasteiger partial charge in [0.15, 0.2) is 5.82 Å². The number of aliphatic hydroxyl groups excluding tert-OH is 1. The molecule has 2 fully saturated rings. The largest absolute Gasteiger partial charge is 0.494 e. The van der Waals surface area contributed by atoms with E-state index in [1.807, 2.05) is 53.7 Å². The Morgan fingerprint density at radius 3 is 2.52 bits per heavy atom. The normalized spacial score (nSPS) is 17.6. The number of benzene rings is 2. The monoisotopic (exact) mass is 821 g/mol. The Kier molecular flexibility index (Phi) is 16.8. The Bertz CT molecular complexity index is 1810. The highest BCUT2D eigenvalue weighted by Crippen LogP contribution is 2.43. The van der Waals surface area contributed by atoms with Crippen LogP contribution in [-0.4, -0.2) is 115 Å². The number of carbonyl (C=O) groups is 3.